The molecular formula is C14H17NO3S. The number of carboxylic acid groups (broad SMARTS) is 1. The highest BCUT2D eigenvalue weighted by molar-refractivity contribution is 7.10. The molecule has 5 heteroatoms. The standard InChI is InChI=1S/C14H17NO3S/c1-9-6-7-19-12(9)8-15-13(16)10-4-2-3-5-11(10)14(17)18/h2-3,6-7,10-11H,4-5,8H2,1H3,(H,15,16)(H,17,18)/t10-,11+/m1/s1. The van der Waals surface area contributed by atoms with Crippen LogP contribution in [-0.2, 0) is 16.1 Å². The summed E-state index contributed by atoms with van der Waals surface area (Å²) in [5.41, 5.74) is 1.16. The first-order valence-electron chi connectivity index (χ1n) is 6.28. The summed E-state index contributed by atoms with van der Waals surface area (Å²) < 4.78 is 0. The van der Waals surface area contributed by atoms with E-state index in [0.717, 1.165) is 10.4 Å². The van der Waals surface area contributed by atoms with Crippen LogP contribution in [0.3, 0.4) is 0 Å². The van der Waals surface area contributed by atoms with Crippen LogP contribution in [-0.4, -0.2) is 17.0 Å². The molecule has 2 N–H and O–H groups in total. The zero-order valence-corrected chi connectivity index (χ0v) is 11.6. The van der Waals surface area contributed by atoms with E-state index in [1.807, 2.05) is 30.5 Å². The molecule has 0 aliphatic heterocycles. The van der Waals surface area contributed by atoms with Gasteiger partial charge in [-0.3, -0.25) is 9.59 Å². The molecule has 1 heterocycles. The number of allylic oxidation sites excluding steroid dienone is 2. The maximum Gasteiger partial charge on any atom is 0.307 e. The van der Waals surface area contributed by atoms with Gasteiger partial charge in [-0.2, -0.15) is 0 Å². The molecule has 1 aromatic rings. The van der Waals surface area contributed by atoms with Gasteiger partial charge in [0.2, 0.25) is 5.91 Å². The number of amides is 1. The van der Waals surface area contributed by atoms with Crippen molar-refractivity contribution in [2.45, 2.75) is 26.3 Å². The van der Waals surface area contributed by atoms with Crippen LogP contribution in [0.15, 0.2) is 23.6 Å². The minimum absolute atomic E-state index is 0.162. The van der Waals surface area contributed by atoms with Crippen LogP contribution < -0.4 is 5.32 Å². The average Bonchev–Trinajstić information content (AvgIpc) is 2.81. The highest BCUT2D eigenvalue weighted by atomic mass is 32.1. The molecule has 0 spiro atoms. The van der Waals surface area contributed by atoms with Crippen molar-refractivity contribution in [2.24, 2.45) is 11.8 Å². The molecule has 4 nitrogen and oxygen atoms in total. The Morgan fingerprint density at radius 2 is 2.05 bits per heavy atom. The van der Waals surface area contributed by atoms with Gasteiger partial charge < -0.3 is 10.4 Å². The molecule has 1 aliphatic rings. The lowest BCUT2D eigenvalue weighted by atomic mass is 9.82. The quantitative estimate of drug-likeness (QED) is 0.831. The number of rotatable bonds is 4. The van der Waals surface area contributed by atoms with Crippen LogP contribution in [0, 0.1) is 18.8 Å². The van der Waals surface area contributed by atoms with Crippen molar-refractivity contribution in [3.8, 4) is 0 Å². The molecule has 0 unspecified atom stereocenters. The van der Waals surface area contributed by atoms with Gasteiger partial charge in [-0.05, 0) is 36.8 Å². The van der Waals surface area contributed by atoms with Gasteiger partial charge in [-0.1, -0.05) is 12.2 Å². The number of hydrogen-bond acceptors (Lipinski definition) is 3. The molecule has 0 aromatic carbocycles. The van der Waals surface area contributed by atoms with E-state index in [4.69, 9.17) is 5.11 Å². The molecule has 2 rings (SSSR count). The Morgan fingerprint density at radius 1 is 1.37 bits per heavy atom. The van der Waals surface area contributed by atoms with Gasteiger partial charge in [-0.25, -0.2) is 0 Å². The SMILES string of the molecule is Cc1ccsc1CNC(=O)[C@@H]1CC=CC[C@@H]1C(=O)O. The third-order valence-corrected chi connectivity index (χ3v) is 4.50. The fraction of sp³-hybridized carbons (Fsp3) is 0.429. The maximum absolute atomic E-state index is 12.1. The summed E-state index contributed by atoms with van der Waals surface area (Å²) >= 11 is 1.60. The summed E-state index contributed by atoms with van der Waals surface area (Å²) in [7, 11) is 0. The number of thiophene rings is 1. The number of aryl methyl sites for hydroxylation is 1. The van der Waals surface area contributed by atoms with E-state index in [1.54, 1.807) is 11.3 Å². The zero-order chi connectivity index (χ0) is 13.8. The van der Waals surface area contributed by atoms with Gasteiger partial charge in [0, 0.05) is 4.88 Å². The Kier molecular flexibility index (Phi) is 4.37. The summed E-state index contributed by atoms with van der Waals surface area (Å²) in [5.74, 6) is -2.11. The van der Waals surface area contributed by atoms with Crippen LogP contribution in [0.2, 0.25) is 0 Å². The number of hydrogen-bond donors (Lipinski definition) is 2. The van der Waals surface area contributed by atoms with E-state index in [-0.39, 0.29) is 5.91 Å². The third-order valence-electron chi connectivity index (χ3n) is 3.48. The molecule has 19 heavy (non-hydrogen) atoms. The normalized spacial score (nSPS) is 22.2. The van der Waals surface area contributed by atoms with Gasteiger partial charge in [0.25, 0.3) is 0 Å². The van der Waals surface area contributed by atoms with Crippen LogP contribution in [0.25, 0.3) is 0 Å². The number of carboxylic acids is 1. The Balaban J connectivity index is 1.97. The Bertz CT molecular complexity index is 507. The molecule has 1 aromatic heterocycles. The first-order chi connectivity index (χ1) is 9.09. The largest absolute Gasteiger partial charge is 0.481 e. The fourth-order valence-electron chi connectivity index (χ4n) is 2.26. The molecule has 0 saturated carbocycles. The lowest BCUT2D eigenvalue weighted by molar-refractivity contribution is -0.147. The Labute approximate surface area is 116 Å². The van der Waals surface area contributed by atoms with Gasteiger partial charge in [0.15, 0.2) is 0 Å². The highest BCUT2D eigenvalue weighted by Gasteiger charge is 2.33. The van der Waals surface area contributed by atoms with Gasteiger partial charge in [0.05, 0.1) is 18.4 Å². The monoisotopic (exact) mass is 279 g/mol. The molecular weight excluding hydrogens is 262 g/mol. The molecule has 102 valence electrons. The van der Waals surface area contributed by atoms with Crippen molar-refractivity contribution in [3.63, 3.8) is 0 Å². The summed E-state index contributed by atoms with van der Waals surface area (Å²) in [4.78, 5) is 24.4. The lowest BCUT2D eigenvalue weighted by Crippen LogP contribution is -2.38. The van der Waals surface area contributed by atoms with Gasteiger partial charge in [-0.15, -0.1) is 11.3 Å². The van der Waals surface area contributed by atoms with Gasteiger partial charge >= 0.3 is 5.97 Å². The van der Waals surface area contributed by atoms with Gasteiger partial charge in [0.1, 0.15) is 0 Å². The molecule has 1 amide bonds. The topological polar surface area (TPSA) is 66.4 Å². The van der Waals surface area contributed by atoms with Crippen LogP contribution in [0.1, 0.15) is 23.3 Å². The van der Waals surface area contributed by atoms with E-state index in [9.17, 15) is 9.59 Å². The summed E-state index contributed by atoms with van der Waals surface area (Å²) in [6.07, 6.45) is 4.67. The Morgan fingerprint density at radius 3 is 2.63 bits per heavy atom. The van der Waals surface area contributed by atoms with Crippen molar-refractivity contribution in [3.05, 3.63) is 34.0 Å². The van der Waals surface area contributed by atoms with E-state index >= 15 is 0 Å². The number of aliphatic carboxylic acids is 1. The fourth-order valence-corrected chi connectivity index (χ4v) is 3.11. The molecule has 1 aliphatic carbocycles. The number of nitrogens with one attached hydrogen (secondary N) is 1. The smallest absolute Gasteiger partial charge is 0.307 e. The highest BCUT2D eigenvalue weighted by Crippen LogP contribution is 2.26. The summed E-state index contributed by atoms with van der Waals surface area (Å²) in [5, 5.41) is 14.0. The van der Waals surface area contributed by atoms with Crippen molar-refractivity contribution in [2.75, 3.05) is 0 Å². The van der Waals surface area contributed by atoms with Crippen molar-refractivity contribution < 1.29 is 14.7 Å². The van der Waals surface area contributed by atoms with E-state index in [1.165, 1.54) is 0 Å². The second-order valence-electron chi connectivity index (χ2n) is 4.74. The van der Waals surface area contributed by atoms with Crippen LogP contribution in [0.5, 0.6) is 0 Å². The van der Waals surface area contributed by atoms with Crippen LogP contribution >= 0.6 is 11.3 Å². The predicted molar refractivity (Wildman–Crippen MR) is 73.9 cm³/mol. The van der Waals surface area contributed by atoms with E-state index < -0.39 is 17.8 Å². The summed E-state index contributed by atoms with van der Waals surface area (Å²) in [6, 6.07) is 2.01. The third kappa shape index (κ3) is 3.23. The van der Waals surface area contributed by atoms with E-state index in [0.29, 0.717) is 19.4 Å². The van der Waals surface area contributed by atoms with Crippen molar-refractivity contribution in [1.29, 1.82) is 0 Å². The van der Waals surface area contributed by atoms with Crippen LogP contribution in [0.4, 0.5) is 0 Å². The second-order valence-corrected chi connectivity index (χ2v) is 5.74. The molecule has 2 atom stereocenters. The lowest BCUT2D eigenvalue weighted by Gasteiger charge is -2.24. The predicted octanol–water partition coefficient (Wildman–Crippen LogP) is 2.34. The zero-order valence-electron chi connectivity index (χ0n) is 10.8. The average molecular weight is 279 g/mol. The van der Waals surface area contributed by atoms with Crippen molar-refractivity contribution in [1.82, 2.24) is 5.32 Å². The minimum Gasteiger partial charge on any atom is -0.481 e. The minimum atomic E-state index is -0.892. The Hall–Kier alpha value is -1.62. The first kappa shape index (κ1) is 13.8. The molecule has 0 radical (unpaired) electrons. The summed E-state index contributed by atoms with van der Waals surface area (Å²) in [6.45, 7) is 2.48. The number of carbonyl (C=O) groups excluding carboxylic acids is 1. The van der Waals surface area contributed by atoms with Crippen molar-refractivity contribution >= 4 is 23.2 Å². The molecule has 0 bridgehead atoms. The number of carbonyl (C=O) groups is 2. The first-order valence-corrected chi connectivity index (χ1v) is 7.16. The maximum atomic E-state index is 12.1. The second kappa shape index (κ2) is 6.02. The molecule has 0 saturated heterocycles. The van der Waals surface area contributed by atoms with E-state index in [2.05, 4.69) is 5.32 Å². The molecule has 0 fully saturated rings.